The summed E-state index contributed by atoms with van der Waals surface area (Å²) >= 11 is 5.80. The average Bonchev–Trinajstić information content (AvgIpc) is 2.54. The van der Waals surface area contributed by atoms with Crippen LogP contribution in [0.2, 0.25) is 5.02 Å². The van der Waals surface area contributed by atoms with Crippen molar-refractivity contribution in [3.63, 3.8) is 0 Å². The number of hydrogen-bond donors (Lipinski definition) is 0. The van der Waals surface area contributed by atoms with Crippen LogP contribution < -0.4 is 9.47 Å². The first-order valence-electron chi connectivity index (χ1n) is 7.22. The number of benzene rings is 1. The van der Waals surface area contributed by atoms with Gasteiger partial charge in [0, 0.05) is 17.3 Å². The third-order valence-corrected chi connectivity index (χ3v) is 3.66. The summed E-state index contributed by atoms with van der Waals surface area (Å²) in [4.78, 5) is 4.15. The summed E-state index contributed by atoms with van der Waals surface area (Å²) in [5.74, 6) is 0.470. The highest BCUT2D eigenvalue weighted by atomic mass is 35.5. The van der Waals surface area contributed by atoms with E-state index in [2.05, 4.69) is 4.98 Å². The monoisotopic (exact) mass is 335 g/mol. The smallest absolute Gasteiger partial charge is 0.172 e. The molecular formula is C18H19ClFNO2. The highest BCUT2D eigenvalue weighted by Crippen LogP contribution is 2.39. The Bertz CT molecular complexity index is 712. The molecule has 0 N–H and O–H groups in total. The maximum absolute atomic E-state index is 14.7. The van der Waals surface area contributed by atoms with Gasteiger partial charge in [-0.15, -0.1) is 0 Å². The van der Waals surface area contributed by atoms with E-state index >= 15 is 0 Å². The molecule has 0 aliphatic heterocycles. The van der Waals surface area contributed by atoms with Crippen LogP contribution >= 0.6 is 11.6 Å². The molecule has 2 aromatic rings. The minimum absolute atomic E-state index is 0.0744. The van der Waals surface area contributed by atoms with Gasteiger partial charge in [-0.2, -0.15) is 0 Å². The molecule has 0 radical (unpaired) electrons. The fourth-order valence-electron chi connectivity index (χ4n) is 2.34. The maximum atomic E-state index is 14.7. The molecule has 0 bridgehead atoms. The quantitative estimate of drug-likeness (QED) is 0.754. The van der Waals surface area contributed by atoms with Gasteiger partial charge < -0.3 is 9.47 Å². The van der Waals surface area contributed by atoms with Crippen molar-refractivity contribution in [2.24, 2.45) is 0 Å². The molecule has 3 nitrogen and oxygen atoms in total. The van der Waals surface area contributed by atoms with E-state index in [1.807, 2.05) is 13.8 Å². The van der Waals surface area contributed by atoms with Gasteiger partial charge in [-0.05, 0) is 36.3 Å². The number of halogens is 2. The van der Waals surface area contributed by atoms with E-state index in [1.165, 1.54) is 7.11 Å². The molecule has 2 rings (SSSR count). The van der Waals surface area contributed by atoms with Gasteiger partial charge >= 0.3 is 0 Å². The van der Waals surface area contributed by atoms with E-state index in [4.69, 9.17) is 21.1 Å². The van der Waals surface area contributed by atoms with E-state index in [-0.39, 0.29) is 11.7 Å². The molecule has 0 fully saturated rings. The van der Waals surface area contributed by atoms with Crippen molar-refractivity contribution in [2.45, 2.75) is 19.8 Å². The van der Waals surface area contributed by atoms with E-state index < -0.39 is 5.82 Å². The minimum Gasteiger partial charge on any atom is -0.496 e. The lowest BCUT2D eigenvalue weighted by atomic mass is 9.97. The molecule has 0 spiro atoms. The molecule has 1 aromatic heterocycles. The van der Waals surface area contributed by atoms with Crippen LogP contribution in [0, 0.1) is 5.82 Å². The first-order chi connectivity index (χ1) is 11.0. The van der Waals surface area contributed by atoms with Crippen LogP contribution in [0.3, 0.4) is 0 Å². The largest absolute Gasteiger partial charge is 0.496 e. The summed E-state index contributed by atoms with van der Waals surface area (Å²) in [6.45, 7) is 3.93. The van der Waals surface area contributed by atoms with Gasteiger partial charge in [0.1, 0.15) is 5.75 Å². The highest BCUT2D eigenvalue weighted by Gasteiger charge is 2.21. The zero-order chi connectivity index (χ0) is 17.0. The molecule has 1 aromatic carbocycles. The Balaban J connectivity index is 2.48. The first kappa shape index (κ1) is 17.3. The molecule has 0 saturated carbocycles. The summed E-state index contributed by atoms with van der Waals surface area (Å²) in [6, 6.07) is 5.15. The van der Waals surface area contributed by atoms with Crippen molar-refractivity contribution in [3.8, 4) is 11.5 Å². The Kier molecular flexibility index (Phi) is 5.61. The van der Waals surface area contributed by atoms with Crippen molar-refractivity contribution in [3.05, 3.63) is 52.1 Å². The summed E-state index contributed by atoms with van der Waals surface area (Å²) in [5, 5.41) is 0.554. The van der Waals surface area contributed by atoms with Crippen molar-refractivity contribution >= 4 is 23.8 Å². The van der Waals surface area contributed by atoms with E-state index in [0.717, 1.165) is 0 Å². The van der Waals surface area contributed by atoms with Crippen molar-refractivity contribution in [1.82, 2.24) is 4.98 Å². The summed E-state index contributed by atoms with van der Waals surface area (Å²) < 4.78 is 25.4. The van der Waals surface area contributed by atoms with Crippen LogP contribution in [0.5, 0.6) is 11.5 Å². The number of ether oxygens (including phenoxy) is 2. The zero-order valence-corrected chi connectivity index (χ0v) is 14.3. The zero-order valence-electron chi connectivity index (χ0n) is 13.6. The SMILES string of the molecule is COc1cc(/C=C/c2ccc(Cl)cn2)c(F)c(OC)c1C(C)C. The fourth-order valence-corrected chi connectivity index (χ4v) is 2.45. The second kappa shape index (κ2) is 7.47. The molecular weight excluding hydrogens is 317 g/mol. The lowest BCUT2D eigenvalue weighted by molar-refractivity contribution is 0.362. The van der Waals surface area contributed by atoms with Gasteiger partial charge in [-0.3, -0.25) is 4.98 Å². The van der Waals surface area contributed by atoms with Gasteiger partial charge in [0.05, 0.1) is 24.9 Å². The van der Waals surface area contributed by atoms with Gasteiger partial charge in [-0.25, -0.2) is 4.39 Å². The van der Waals surface area contributed by atoms with Crippen molar-refractivity contribution < 1.29 is 13.9 Å². The van der Waals surface area contributed by atoms with Gasteiger partial charge in [0.2, 0.25) is 0 Å². The maximum Gasteiger partial charge on any atom is 0.172 e. The standard InChI is InChI=1S/C18H19ClFNO2/c1-11(2)16-15(22-3)9-12(17(20)18(16)23-4)5-7-14-8-6-13(19)10-21-14/h5-11H,1-4H3/b7-5+. The van der Waals surface area contributed by atoms with Crippen LogP contribution in [-0.2, 0) is 0 Å². The molecule has 122 valence electrons. The number of aromatic nitrogens is 1. The van der Waals surface area contributed by atoms with Crippen LogP contribution in [0.15, 0.2) is 24.4 Å². The van der Waals surface area contributed by atoms with Crippen molar-refractivity contribution in [1.29, 1.82) is 0 Å². The third kappa shape index (κ3) is 3.82. The Morgan fingerprint density at radius 2 is 1.91 bits per heavy atom. The Hall–Kier alpha value is -2.07. The normalized spacial score (nSPS) is 11.3. The Morgan fingerprint density at radius 3 is 2.43 bits per heavy atom. The summed E-state index contributed by atoms with van der Waals surface area (Å²) in [5.41, 5.74) is 1.77. The summed E-state index contributed by atoms with van der Waals surface area (Å²) in [6.07, 6.45) is 4.89. The number of hydrogen-bond acceptors (Lipinski definition) is 3. The molecule has 0 aliphatic rings. The summed E-state index contributed by atoms with van der Waals surface area (Å²) in [7, 11) is 3.02. The number of methoxy groups -OCH3 is 2. The molecule has 0 atom stereocenters. The van der Waals surface area contributed by atoms with E-state index in [0.29, 0.717) is 27.6 Å². The molecule has 5 heteroatoms. The first-order valence-corrected chi connectivity index (χ1v) is 7.59. The van der Waals surface area contributed by atoms with Crippen LogP contribution in [0.25, 0.3) is 12.2 Å². The molecule has 1 heterocycles. The second-order valence-electron chi connectivity index (χ2n) is 5.32. The lowest BCUT2D eigenvalue weighted by Crippen LogP contribution is -2.03. The molecule has 0 saturated heterocycles. The van der Waals surface area contributed by atoms with Gasteiger partial charge in [0.15, 0.2) is 11.6 Å². The van der Waals surface area contributed by atoms with Gasteiger partial charge in [-0.1, -0.05) is 25.4 Å². The number of rotatable bonds is 5. The molecule has 0 amide bonds. The fraction of sp³-hybridized carbons (Fsp3) is 0.278. The Morgan fingerprint density at radius 1 is 1.17 bits per heavy atom. The third-order valence-electron chi connectivity index (χ3n) is 3.43. The van der Waals surface area contributed by atoms with Crippen LogP contribution in [-0.4, -0.2) is 19.2 Å². The van der Waals surface area contributed by atoms with Gasteiger partial charge in [0.25, 0.3) is 0 Å². The average molecular weight is 336 g/mol. The van der Waals surface area contributed by atoms with E-state index in [9.17, 15) is 4.39 Å². The molecule has 0 aliphatic carbocycles. The predicted octanol–water partition coefficient (Wildman–Crippen LogP) is 5.19. The highest BCUT2D eigenvalue weighted by molar-refractivity contribution is 6.30. The second-order valence-corrected chi connectivity index (χ2v) is 5.75. The predicted molar refractivity (Wildman–Crippen MR) is 91.8 cm³/mol. The Labute approximate surface area is 140 Å². The van der Waals surface area contributed by atoms with Crippen LogP contribution in [0.4, 0.5) is 4.39 Å². The number of pyridine rings is 1. The van der Waals surface area contributed by atoms with E-state index in [1.54, 1.807) is 43.7 Å². The van der Waals surface area contributed by atoms with Crippen LogP contribution in [0.1, 0.15) is 36.6 Å². The lowest BCUT2D eigenvalue weighted by Gasteiger charge is -2.18. The molecule has 0 unspecified atom stereocenters. The minimum atomic E-state index is -0.415. The van der Waals surface area contributed by atoms with Crippen molar-refractivity contribution in [2.75, 3.05) is 14.2 Å². The topological polar surface area (TPSA) is 31.4 Å². The number of nitrogens with zero attached hydrogens (tertiary/aromatic N) is 1. The molecule has 23 heavy (non-hydrogen) atoms.